The fourth-order valence-corrected chi connectivity index (χ4v) is 8.27. The Morgan fingerprint density at radius 3 is 2.64 bits per heavy atom. The number of aromatic nitrogens is 3. The fourth-order valence-electron chi connectivity index (χ4n) is 6.88. The molecule has 0 amide bonds. The highest BCUT2D eigenvalue weighted by Gasteiger charge is 2.60. The van der Waals surface area contributed by atoms with Crippen molar-refractivity contribution in [1.29, 1.82) is 0 Å². The van der Waals surface area contributed by atoms with Crippen molar-refractivity contribution in [1.82, 2.24) is 19.1 Å². The van der Waals surface area contributed by atoms with E-state index >= 15 is 0 Å². The zero-order chi connectivity index (χ0) is 27.4. The Balaban J connectivity index is 1.21. The molecule has 0 aliphatic heterocycles. The molecule has 2 saturated carbocycles. The highest BCUT2D eigenvalue weighted by Crippen LogP contribution is 2.66. The topological polar surface area (TPSA) is 68.1 Å². The minimum atomic E-state index is -4.81. The molecule has 11 heteroatoms. The summed E-state index contributed by atoms with van der Waals surface area (Å²) in [5.41, 5.74) is 4.64. The van der Waals surface area contributed by atoms with Crippen LogP contribution in [0.3, 0.4) is 0 Å². The number of halogens is 4. The van der Waals surface area contributed by atoms with Crippen LogP contribution < -0.4 is 0 Å². The molecule has 2 fully saturated rings. The van der Waals surface area contributed by atoms with Gasteiger partial charge in [0.15, 0.2) is 5.75 Å². The maximum absolute atomic E-state index is 13.4. The first-order valence-corrected chi connectivity index (χ1v) is 14.6. The van der Waals surface area contributed by atoms with Crippen molar-refractivity contribution in [2.75, 3.05) is 18.8 Å². The predicted molar refractivity (Wildman–Crippen MR) is 138 cm³/mol. The Morgan fingerprint density at radius 1 is 1.13 bits per heavy atom. The van der Waals surface area contributed by atoms with E-state index in [1.807, 2.05) is 6.20 Å². The first kappa shape index (κ1) is 26.2. The lowest BCUT2D eigenvalue weighted by molar-refractivity contribution is -0.107. The summed E-state index contributed by atoms with van der Waals surface area (Å²) in [6, 6.07) is 11.4. The summed E-state index contributed by atoms with van der Waals surface area (Å²) in [5.74, 6) is -2.00. The lowest BCUT2D eigenvalue weighted by Crippen LogP contribution is -2.53. The molecule has 0 bridgehead atoms. The second-order valence-corrected chi connectivity index (χ2v) is 12.8. The highest BCUT2D eigenvalue weighted by atomic mass is 32.2. The Bertz CT molecular complexity index is 1500. The lowest BCUT2D eigenvalue weighted by atomic mass is 9.51. The van der Waals surface area contributed by atoms with Gasteiger partial charge in [0.1, 0.15) is 5.82 Å². The molecule has 0 radical (unpaired) electrons. The molecule has 1 aromatic carbocycles. The third kappa shape index (κ3) is 4.91. The van der Waals surface area contributed by atoms with E-state index in [4.69, 9.17) is 0 Å². The number of benzene rings is 1. The first-order valence-electron chi connectivity index (χ1n) is 13.0. The number of hydrogen-bond donors (Lipinski definition) is 0. The summed E-state index contributed by atoms with van der Waals surface area (Å²) in [5, 5.41) is 4.54. The van der Waals surface area contributed by atoms with Gasteiger partial charge in [-0.2, -0.15) is 18.3 Å². The van der Waals surface area contributed by atoms with E-state index in [1.54, 1.807) is 41.2 Å². The van der Waals surface area contributed by atoms with Crippen LogP contribution in [0.25, 0.3) is 11.8 Å². The number of fused-ring (bicyclic) bond motifs is 1. The van der Waals surface area contributed by atoms with Crippen molar-refractivity contribution in [3.8, 4) is 5.69 Å². The molecule has 2 aromatic heterocycles. The average molecular weight is 561 g/mol. The minimum absolute atomic E-state index is 0.0173. The summed E-state index contributed by atoms with van der Waals surface area (Å²) in [4.78, 5) is 4.20. The van der Waals surface area contributed by atoms with Crippen LogP contribution in [0, 0.1) is 23.1 Å². The van der Waals surface area contributed by atoms with Gasteiger partial charge in [-0.3, -0.25) is 4.98 Å². The van der Waals surface area contributed by atoms with E-state index in [9.17, 15) is 26.0 Å². The number of pyridine rings is 1. The zero-order valence-electron chi connectivity index (χ0n) is 21.1. The van der Waals surface area contributed by atoms with Crippen LogP contribution >= 0.6 is 0 Å². The average Bonchev–Trinajstić information content (AvgIpc) is 3.40. The van der Waals surface area contributed by atoms with Crippen molar-refractivity contribution in [2.24, 2.45) is 17.3 Å². The normalized spacial score (nSPS) is 24.1. The van der Waals surface area contributed by atoms with Crippen LogP contribution in [0.15, 0.2) is 60.4 Å². The molecule has 3 atom stereocenters. The minimum Gasteiger partial charge on any atom is -0.261 e. The number of rotatable bonds is 8. The van der Waals surface area contributed by atoms with Gasteiger partial charge in [-0.1, -0.05) is 11.6 Å². The zero-order valence-corrected chi connectivity index (χ0v) is 21.9. The van der Waals surface area contributed by atoms with Gasteiger partial charge in [-0.05, 0) is 91.0 Å². The summed E-state index contributed by atoms with van der Waals surface area (Å²) >= 11 is 0. The molecular weight excluding hydrogens is 532 g/mol. The van der Waals surface area contributed by atoms with Crippen LogP contribution in [0.4, 0.5) is 17.6 Å². The molecule has 206 valence electrons. The third-order valence-electron chi connectivity index (χ3n) is 8.56. The van der Waals surface area contributed by atoms with Gasteiger partial charge < -0.3 is 0 Å². The summed E-state index contributed by atoms with van der Waals surface area (Å²) in [6.07, 6.45) is 4.24. The molecule has 2 unspecified atom stereocenters. The van der Waals surface area contributed by atoms with Gasteiger partial charge in [0.25, 0.3) is 0 Å². The third-order valence-corrected chi connectivity index (χ3v) is 10.4. The Kier molecular flexibility index (Phi) is 6.41. The highest BCUT2D eigenvalue weighted by molar-refractivity contribution is 7.89. The van der Waals surface area contributed by atoms with Crippen molar-refractivity contribution >= 4 is 16.1 Å². The SMILES string of the molecule is O=S(=O)(CC(F)(F)F)N(CCc1ccccn1)CC1C[C@]23Cc4cnn(-c5ccc(F)cc5)c4C=C2CCC13. The molecule has 3 aliphatic carbocycles. The van der Waals surface area contributed by atoms with E-state index in [1.165, 1.54) is 17.7 Å². The van der Waals surface area contributed by atoms with Crippen molar-refractivity contribution in [3.05, 3.63) is 83.2 Å². The standard InChI is InChI=1S/C28H28F4N4O2S/c29-22-5-7-24(8-6-22)36-26-13-21-4-9-25-20(15-27(21,25)14-19(26)16-34-36)17-35(39(37,38)18-28(30,31)32)12-10-23-3-1-2-11-33-23/h1-3,5-8,11,13,16,20,25H,4,9-10,12,14-15,17-18H2/t20?,25?,27-/m1/s1. The summed E-state index contributed by atoms with van der Waals surface area (Å²) < 4.78 is 81.5. The summed E-state index contributed by atoms with van der Waals surface area (Å²) in [6.45, 7) is 0.0373. The van der Waals surface area contributed by atoms with Gasteiger partial charge in [0.2, 0.25) is 10.0 Å². The molecule has 39 heavy (non-hydrogen) atoms. The number of hydrogen-bond acceptors (Lipinski definition) is 4. The maximum Gasteiger partial charge on any atom is 0.404 e. The number of alkyl halides is 3. The molecule has 1 spiro atoms. The first-order chi connectivity index (χ1) is 18.5. The quantitative estimate of drug-likeness (QED) is 0.356. The van der Waals surface area contributed by atoms with Gasteiger partial charge in [-0.25, -0.2) is 21.8 Å². The van der Waals surface area contributed by atoms with Crippen LogP contribution in [-0.4, -0.2) is 52.5 Å². The number of nitrogens with zero attached hydrogens (tertiary/aromatic N) is 4. The van der Waals surface area contributed by atoms with Crippen molar-refractivity contribution < 1.29 is 26.0 Å². The van der Waals surface area contributed by atoms with E-state index in [-0.39, 0.29) is 42.6 Å². The molecule has 2 heterocycles. The van der Waals surface area contributed by atoms with Crippen LogP contribution in [0.2, 0.25) is 0 Å². The monoisotopic (exact) mass is 560 g/mol. The maximum atomic E-state index is 13.4. The number of allylic oxidation sites excluding steroid dienone is 1. The van der Waals surface area contributed by atoms with E-state index in [0.717, 1.165) is 46.9 Å². The largest absolute Gasteiger partial charge is 0.404 e. The molecule has 0 N–H and O–H groups in total. The van der Waals surface area contributed by atoms with Crippen LogP contribution in [-0.2, 0) is 22.9 Å². The van der Waals surface area contributed by atoms with E-state index in [0.29, 0.717) is 5.69 Å². The van der Waals surface area contributed by atoms with E-state index < -0.39 is 22.0 Å². The van der Waals surface area contributed by atoms with E-state index in [2.05, 4.69) is 16.2 Å². The second kappa shape index (κ2) is 9.55. The Morgan fingerprint density at radius 2 is 1.92 bits per heavy atom. The van der Waals surface area contributed by atoms with Crippen molar-refractivity contribution in [2.45, 2.75) is 38.3 Å². The Hall–Kier alpha value is -3.05. The molecule has 6 rings (SSSR count). The molecule has 0 saturated heterocycles. The molecule has 3 aliphatic rings. The number of sulfonamides is 1. The molecular formula is C28H28F4N4O2S. The van der Waals surface area contributed by atoms with Gasteiger partial charge >= 0.3 is 6.18 Å². The molecule has 3 aromatic rings. The van der Waals surface area contributed by atoms with Crippen LogP contribution in [0.5, 0.6) is 0 Å². The lowest BCUT2D eigenvalue weighted by Gasteiger charge is -2.54. The second-order valence-electron chi connectivity index (χ2n) is 10.9. The molecule has 6 nitrogen and oxygen atoms in total. The summed E-state index contributed by atoms with van der Waals surface area (Å²) in [7, 11) is -4.53. The van der Waals surface area contributed by atoms with Gasteiger partial charge in [-0.15, -0.1) is 0 Å². The van der Waals surface area contributed by atoms with Crippen molar-refractivity contribution in [3.63, 3.8) is 0 Å². The fraction of sp³-hybridized carbons (Fsp3) is 0.429. The predicted octanol–water partition coefficient (Wildman–Crippen LogP) is 5.20. The smallest absolute Gasteiger partial charge is 0.261 e. The van der Waals surface area contributed by atoms with Gasteiger partial charge in [0, 0.05) is 31.4 Å². The van der Waals surface area contributed by atoms with Crippen LogP contribution in [0.1, 0.15) is 36.2 Å². The Labute approximate surface area is 224 Å². The van der Waals surface area contributed by atoms with Gasteiger partial charge in [0.05, 0.1) is 17.6 Å².